The maximum absolute atomic E-state index is 11.6. The molecule has 0 radical (unpaired) electrons. The summed E-state index contributed by atoms with van der Waals surface area (Å²) >= 11 is 0. The largest absolute Gasteiger partial charge is 0.356 e. The van der Waals surface area contributed by atoms with Crippen LogP contribution in [0.4, 0.5) is 0 Å². The molecule has 1 heterocycles. The van der Waals surface area contributed by atoms with E-state index in [-0.39, 0.29) is 5.91 Å². The molecule has 0 aromatic carbocycles. The summed E-state index contributed by atoms with van der Waals surface area (Å²) in [6.45, 7) is 5.80. The lowest BCUT2D eigenvalue weighted by Crippen LogP contribution is -2.46. The highest BCUT2D eigenvalue weighted by Gasteiger charge is 2.15. The molecule has 19 heavy (non-hydrogen) atoms. The van der Waals surface area contributed by atoms with Crippen molar-refractivity contribution in [1.29, 1.82) is 0 Å². The zero-order chi connectivity index (χ0) is 14.1. The van der Waals surface area contributed by atoms with E-state index in [0.717, 1.165) is 58.6 Å². The minimum atomic E-state index is 0.122. The molecule has 0 spiro atoms. The fourth-order valence-electron chi connectivity index (χ4n) is 2.06. The quantitative estimate of drug-likeness (QED) is 0.464. The van der Waals surface area contributed by atoms with Gasteiger partial charge in [0.05, 0.1) is 0 Å². The number of hydrogen-bond donors (Lipinski definition) is 1. The van der Waals surface area contributed by atoms with Gasteiger partial charge in [0, 0.05) is 45.7 Å². The first-order chi connectivity index (χ1) is 9.11. The van der Waals surface area contributed by atoms with Crippen LogP contribution < -0.4 is 5.32 Å². The summed E-state index contributed by atoms with van der Waals surface area (Å²) in [6, 6.07) is 0. The van der Waals surface area contributed by atoms with Crippen molar-refractivity contribution in [2.75, 3.05) is 59.9 Å². The van der Waals surface area contributed by atoms with Crippen LogP contribution in [-0.2, 0) is 9.59 Å². The van der Waals surface area contributed by atoms with E-state index in [0.29, 0.717) is 6.42 Å². The Hall–Kier alpha value is -1.14. The second-order valence-electron chi connectivity index (χ2n) is 5.24. The minimum absolute atomic E-state index is 0.122. The summed E-state index contributed by atoms with van der Waals surface area (Å²) in [5.41, 5.74) is 0. The Kier molecular flexibility index (Phi) is 7.43. The monoisotopic (exact) mass is 270 g/mol. The lowest BCUT2D eigenvalue weighted by Gasteiger charge is -2.32. The molecule has 1 fully saturated rings. The second-order valence-corrected chi connectivity index (χ2v) is 5.24. The van der Waals surface area contributed by atoms with Crippen molar-refractivity contribution in [2.45, 2.75) is 12.8 Å². The fourth-order valence-corrected chi connectivity index (χ4v) is 2.06. The number of hydrogen-bond acceptors (Lipinski definition) is 4. The molecule has 0 saturated carbocycles. The molecule has 1 aliphatic heterocycles. The Bertz CT molecular complexity index is 276. The number of rotatable bonds is 8. The average Bonchev–Trinajstić information content (AvgIpc) is 2.41. The minimum Gasteiger partial charge on any atom is -0.356 e. The summed E-state index contributed by atoms with van der Waals surface area (Å²) in [4.78, 5) is 28.3. The van der Waals surface area contributed by atoms with Crippen LogP contribution in [0, 0.1) is 0 Å². The number of carbonyl (C=O) groups is 2. The molecule has 1 aliphatic rings. The van der Waals surface area contributed by atoms with Gasteiger partial charge in [0.1, 0.15) is 0 Å². The summed E-state index contributed by atoms with van der Waals surface area (Å²) < 4.78 is 0. The lowest BCUT2D eigenvalue weighted by molar-refractivity contribution is -0.122. The molecule has 110 valence electrons. The third-order valence-electron chi connectivity index (χ3n) is 3.32. The Morgan fingerprint density at radius 3 is 2.53 bits per heavy atom. The molecule has 0 aromatic heterocycles. The SMILES string of the molecule is CN(C)CCCNC(=O)CCN1CCN(C=O)CC1. The molecule has 6 heteroatoms. The molecule has 1 rings (SSSR count). The van der Waals surface area contributed by atoms with Crippen molar-refractivity contribution in [3.63, 3.8) is 0 Å². The van der Waals surface area contributed by atoms with E-state index >= 15 is 0 Å². The fraction of sp³-hybridized carbons (Fsp3) is 0.846. The Balaban J connectivity index is 2.02. The molecule has 6 nitrogen and oxygen atoms in total. The summed E-state index contributed by atoms with van der Waals surface area (Å²) in [6.07, 6.45) is 2.43. The van der Waals surface area contributed by atoms with Gasteiger partial charge >= 0.3 is 0 Å². The van der Waals surface area contributed by atoms with E-state index in [1.165, 1.54) is 0 Å². The third kappa shape index (κ3) is 7.12. The first-order valence-electron chi connectivity index (χ1n) is 6.95. The van der Waals surface area contributed by atoms with Gasteiger partial charge < -0.3 is 15.1 Å². The maximum Gasteiger partial charge on any atom is 0.221 e. The van der Waals surface area contributed by atoms with Crippen LogP contribution in [0.25, 0.3) is 0 Å². The molecular formula is C13H26N4O2. The predicted octanol–water partition coefficient (Wildman–Crippen LogP) is -0.782. The molecule has 0 bridgehead atoms. The van der Waals surface area contributed by atoms with Gasteiger partial charge in [-0.2, -0.15) is 0 Å². The number of carbonyl (C=O) groups excluding carboxylic acids is 2. The van der Waals surface area contributed by atoms with Gasteiger partial charge in [0.2, 0.25) is 12.3 Å². The van der Waals surface area contributed by atoms with Gasteiger partial charge in [-0.3, -0.25) is 14.5 Å². The van der Waals surface area contributed by atoms with Crippen LogP contribution in [0.15, 0.2) is 0 Å². The molecule has 0 aliphatic carbocycles. The maximum atomic E-state index is 11.6. The van der Waals surface area contributed by atoms with Crippen LogP contribution >= 0.6 is 0 Å². The van der Waals surface area contributed by atoms with Crippen LogP contribution in [0.2, 0.25) is 0 Å². The zero-order valence-electron chi connectivity index (χ0n) is 12.1. The number of nitrogens with zero attached hydrogens (tertiary/aromatic N) is 3. The van der Waals surface area contributed by atoms with Gasteiger partial charge in [-0.1, -0.05) is 0 Å². The van der Waals surface area contributed by atoms with Crippen molar-refractivity contribution >= 4 is 12.3 Å². The van der Waals surface area contributed by atoms with E-state index < -0.39 is 0 Å². The molecular weight excluding hydrogens is 244 g/mol. The van der Waals surface area contributed by atoms with Crippen molar-refractivity contribution in [2.24, 2.45) is 0 Å². The lowest BCUT2D eigenvalue weighted by atomic mass is 10.3. The van der Waals surface area contributed by atoms with Crippen LogP contribution in [0.3, 0.4) is 0 Å². The highest BCUT2D eigenvalue weighted by atomic mass is 16.1. The first-order valence-corrected chi connectivity index (χ1v) is 6.95. The molecule has 1 saturated heterocycles. The highest BCUT2D eigenvalue weighted by molar-refractivity contribution is 5.76. The Labute approximate surface area is 115 Å². The van der Waals surface area contributed by atoms with Crippen molar-refractivity contribution < 1.29 is 9.59 Å². The van der Waals surface area contributed by atoms with Crippen LogP contribution in [0.1, 0.15) is 12.8 Å². The Morgan fingerprint density at radius 2 is 1.95 bits per heavy atom. The predicted molar refractivity (Wildman–Crippen MR) is 74.9 cm³/mol. The zero-order valence-corrected chi connectivity index (χ0v) is 12.1. The molecule has 2 amide bonds. The highest BCUT2D eigenvalue weighted by Crippen LogP contribution is 2.00. The summed E-state index contributed by atoms with van der Waals surface area (Å²) in [5.74, 6) is 0.122. The van der Waals surface area contributed by atoms with E-state index in [2.05, 4.69) is 15.1 Å². The normalized spacial score (nSPS) is 16.7. The summed E-state index contributed by atoms with van der Waals surface area (Å²) in [5, 5.41) is 2.94. The number of piperazine rings is 1. The number of nitrogens with one attached hydrogen (secondary N) is 1. The summed E-state index contributed by atoms with van der Waals surface area (Å²) in [7, 11) is 4.06. The van der Waals surface area contributed by atoms with Crippen LogP contribution in [0.5, 0.6) is 0 Å². The van der Waals surface area contributed by atoms with Gasteiger partial charge in [-0.05, 0) is 27.1 Å². The van der Waals surface area contributed by atoms with Crippen molar-refractivity contribution in [3.8, 4) is 0 Å². The van der Waals surface area contributed by atoms with Gasteiger partial charge in [-0.15, -0.1) is 0 Å². The second kappa shape index (κ2) is 8.87. The van der Waals surface area contributed by atoms with Gasteiger partial charge in [0.15, 0.2) is 0 Å². The van der Waals surface area contributed by atoms with Crippen LogP contribution in [-0.4, -0.2) is 86.9 Å². The first kappa shape index (κ1) is 15.9. The van der Waals surface area contributed by atoms with E-state index in [1.807, 2.05) is 14.1 Å². The molecule has 0 atom stereocenters. The van der Waals surface area contributed by atoms with Gasteiger partial charge in [-0.25, -0.2) is 0 Å². The molecule has 0 aromatic rings. The van der Waals surface area contributed by atoms with Crippen molar-refractivity contribution in [3.05, 3.63) is 0 Å². The molecule has 0 unspecified atom stereocenters. The average molecular weight is 270 g/mol. The van der Waals surface area contributed by atoms with E-state index in [9.17, 15) is 9.59 Å². The third-order valence-corrected chi connectivity index (χ3v) is 3.32. The molecule has 1 N–H and O–H groups in total. The topological polar surface area (TPSA) is 55.9 Å². The number of amides is 2. The van der Waals surface area contributed by atoms with E-state index in [1.54, 1.807) is 4.90 Å². The standard InChI is InChI=1S/C13H26N4O2/c1-15(2)6-3-5-14-13(19)4-7-16-8-10-17(12-18)11-9-16/h12H,3-11H2,1-2H3,(H,14,19). The Morgan fingerprint density at radius 1 is 1.26 bits per heavy atom. The van der Waals surface area contributed by atoms with Crippen molar-refractivity contribution in [1.82, 2.24) is 20.0 Å². The van der Waals surface area contributed by atoms with Gasteiger partial charge in [0.25, 0.3) is 0 Å². The van der Waals surface area contributed by atoms with E-state index in [4.69, 9.17) is 0 Å². The smallest absolute Gasteiger partial charge is 0.221 e.